The van der Waals surface area contributed by atoms with E-state index >= 15 is 0 Å². The van der Waals surface area contributed by atoms with E-state index in [4.69, 9.17) is 4.74 Å². The van der Waals surface area contributed by atoms with Gasteiger partial charge in [-0.2, -0.15) is 0 Å². The van der Waals surface area contributed by atoms with Gasteiger partial charge in [0.25, 0.3) is 5.56 Å². The highest BCUT2D eigenvalue weighted by atomic mass is 16.5. The van der Waals surface area contributed by atoms with Gasteiger partial charge >= 0.3 is 5.97 Å². The summed E-state index contributed by atoms with van der Waals surface area (Å²) < 4.78 is 6.43. The van der Waals surface area contributed by atoms with Gasteiger partial charge in [-0.1, -0.05) is 13.3 Å². The number of aromatic nitrogens is 2. The molecule has 1 fully saturated rings. The maximum atomic E-state index is 12.4. The molecule has 0 aromatic carbocycles. The summed E-state index contributed by atoms with van der Waals surface area (Å²) in [6.45, 7) is 4.51. The van der Waals surface area contributed by atoms with E-state index in [0.717, 1.165) is 25.7 Å². The molecule has 1 aliphatic carbocycles. The van der Waals surface area contributed by atoms with Crippen LogP contribution >= 0.6 is 0 Å². The number of carbonyl (C=O) groups excluding carboxylic acids is 1. The highest BCUT2D eigenvalue weighted by molar-refractivity contribution is 5.90. The van der Waals surface area contributed by atoms with Crippen molar-refractivity contribution >= 4 is 5.97 Å². The highest BCUT2D eigenvalue weighted by Gasteiger charge is 2.42. The van der Waals surface area contributed by atoms with Crippen LogP contribution in [0.15, 0.2) is 4.79 Å². The number of carbonyl (C=O) groups is 1. The van der Waals surface area contributed by atoms with Crippen LogP contribution in [0, 0.1) is 5.92 Å². The van der Waals surface area contributed by atoms with Crippen LogP contribution in [0.25, 0.3) is 0 Å². The molecule has 2 unspecified atom stereocenters. The average molecular weight is 292 g/mol. The van der Waals surface area contributed by atoms with E-state index in [1.807, 2.05) is 0 Å². The van der Waals surface area contributed by atoms with Crippen molar-refractivity contribution < 1.29 is 14.6 Å². The number of hydrogen-bond donors (Lipinski definition) is 1. The summed E-state index contributed by atoms with van der Waals surface area (Å²) in [5, 5.41) is 10.0. The molecule has 0 spiro atoms. The van der Waals surface area contributed by atoms with Gasteiger partial charge in [-0.25, -0.2) is 9.78 Å². The minimum Gasteiger partial charge on any atom is -0.501 e. The highest BCUT2D eigenvalue weighted by Crippen LogP contribution is 2.44. The molecule has 6 nitrogen and oxygen atoms in total. The average Bonchev–Trinajstić information content (AvgIpc) is 2.43. The Balaban J connectivity index is 2.17. The van der Waals surface area contributed by atoms with E-state index in [-0.39, 0.29) is 17.7 Å². The summed E-state index contributed by atoms with van der Waals surface area (Å²) in [7, 11) is 0. The fraction of sp³-hybridized carbons (Fsp3) is 0.667. The molecule has 0 amide bonds. The fourth-order valence-electron chi connectivity index (χ4n) is 3.76. The molecule has 3 rings (SSSR count). The molecule has 1 aromatic heterocycles. The quantitative estimate of drug-likeness (QED) is 0.837. The first kappa shape index (κ1) is 14.1. The van der Waals surface area contributed by atoms with Gasteiger partial charge in [0, 0.05) is 12.0 Å². The number of hydrogen-bond acceptors (Lipinski definition) is 5. The lowest BCUT2D eigenvalue weighted by Crippen LogP contribution is -2.45. The van der Waals surface area contributed by atoms with Crippen LogP contribution in [-0.4, -0.2) is 27.2 Å². The smallest absolute Gasteiger partial charge is 0.361 e. The third-order valence-corrected chi connectivity index (χ3v) is 4.67. The Hall–Kier alpha value is -1.85. The van der Waals surface area contributed by atoms with Crippen LogP contribution in [0.2, 0.25) is 0 Å². The van der Waals surface area contributed by atoms with Crippen molar-refractivity contribution in [2.24, 2.45) is 5.92 Å². The first-order valence-electron chi connectivity index (χ1n) is 7.47. The van der Waals surface area contributed by atoms with Crippen molar-refractivity contribution in [2.45, 2.75) is 51.5 Å². The van der Waals surface area contributed by atoms with Crippen LogP contribution in [0.5, 0.6) is 5.75 Å². The summed E-state index contributed by atoms with van der Waals surface area (Å²) in [4.78, 5) is 28.6. The lowest BCUT2D eigenvalue weighted by Gasteiger charge is -2.43. The Labute approximate surface area is 122 Å². The van der Waals surface area contributed by atoms with E-state index in [2.05, 4.69) is 11.9 Å². The van der Waals surface area contributed by atoms with Crippen molar-refractivity contribution in [2.75, 3.05) is 6.61 Å². The van der Waals surface area contributed by atoms with Gasteiger partial charge in [0.05, 0.1) is 6.61 Å². The molecular weight excluding hydrogens is 272 g/mol. The van der Waals surface area contributed by atoms with E-state index in [9.17, 15) is 14.7 Å². The van der Waals surface area contributed by atoms with Gasteiger partial charge in [-0.3, -0.25) is 9.36 Å². The van der Waals surface area contributed by atoms with Gasteiger partial charge in [0.2, 0.25) is 5.75 Å². The standard InChI is InChI=1S/C15H20N2O4/c1-3-21-13(20)10-11(18)12(19)17-8-9-5-4-6-15(2,7-9)14(17)16-10/h9,18H,3-8H2,1-2H3. The van der Waals surface area contributed by atoms with Crippen molar-refractivity contribution in [1.29, 1.82) is 0 Å². The van der Waals surface area contributed by atoms with Gasteiger partial charge in [-0.15, -0.1) is 0 Å². The molecule has 1 N–H and O–H groups in total. The van der Waals surface area contributed by atoms with Crippen LogP contribution in [0.1, 0.15) is 55.8 Å². The van der Waals surface area contributed by atoms with E-state index < -0.39 is 17.3 Å². The first-order chi connectivity index (χ1) is 9.96. The van der Waals surface area contributed by atoms with E-state index in [1.54, 1.807) is 11.5 Å². The molecule has 6 heteroatoms. The van der Waals surface area contributed by atoms with Crippen LogP contribution in [0.4, 0.5) is 0 Å². The molecule has 2 atom stereocenters. The summed E-state index contributed by atoms with van der Waals surface area (Å²) in [5.41, 5.74) is -0.978. The number of fused-ring (bicyclic) bond motifs is 4. The van der Waals surface area contributed by atoms with Gasteiger partial charge < -0.3 is 9.84 Å². The Morgan fingerprint density at radius 3 is 3.05 bits per heavy atom. The third-order valence-electron chi connectivity index (χ3n) is 4.67. The Bertz CT molecular complexity index is 652. The second-order valence-corrected chi connectivity index (χ2v) is 6.29. The molecule has 0 saturated heterocycles. The Kier molecular flexibility index (Phi) is 3.26. The van der Waals surface area contributed by atoms with Gasteiger partial charge in [0.15, 0.2) is 5.69 Å². The summed E-state index contributed by atoms with van der Waals surface area (Å²) in [6.07, 6.45) is 4.13. The molecule has 1 aliphatic heterocycles. The molecule has 1 aromatic rings. The molecular formula is C15H20N2O4. The minimum atomic E-state index is -0.739. The summed E-state index contributed by atoms with van der Waals surface area (Å²) in [6, 6.07) is 0. The minimum absolute atomic E-state index is 0.178. The Morgan fingerprint density at radius 2 is 2.33 bits per heavy atom. The second kappa shape index (κ2) is 4.86. The van der Waals surface area contributed by atoms with Crippen molar-refractivity contribution in [3.05, 3.63) is 21.9 Å². The lowest BCUT2D eigenvalue weighted by molar-refractivity contribution is 0.0511. The van der Waals surface area contributed by atoms with E-state index in [0.29, 0.717) is 18.3 Å². The largest absolute Gasteiger partial charge is 0.501 e. The number of nitrogens with zero attached hydrogens (tertiary/aromatic N) is 2. The maximum absolute atomic E-state index is 12.4. The second-order valence-electron chi connectivity index (χ2n) is 6.29. The third kappa shape index (κ3) is 2.13. The SMILES string of the molecule is CCOC(=O)c1nc2n(c(=O)c1O)CC1CCCC2(C)C1. The van der Waals surface area contributed by atoms with Crippen molar-refractivity contribution in [1.82, 2.24) is 9.55 Å². The number of aromatic hydroxyl groups is 1. The molecule has 21 heavy (non-hydrogen) atoms. The van der Waals surface area contributed by atoms with Crippen LogP contribution in [-0.2, 0) is 16.7 Å². The lowest BCUT2D eigenvalue weighted by atomic mass is 9.68. The molecule has 2 aliphatic rings. The normalized spacial score (nSPS) is 27.0. The Morgan fingerprint density at radius 1 is 1.57 bits per heavy atom. The maximum Gasteiger partial charge on any atom is 0.361 e. The zero-order valence-electron chi connectivity index (χ0n) is 12.4. The summed E-state index contributed by atoms with van der Waals surface area (Å²) >= 11 is 0. The molecule has 114 valence electrons. The van der Waals surface area contributed by atoms with E-state index in [1.165, 1.54) is 0 Å². The number of esters is 1. The summed E-state index contributed by atoms with van der Waals surface area (Å²) in [5.74, 6) is -0.272. The predicted octanol–water partition coefficient (Wildman–Crippen LogP) is 1.59. The molecule has 0 radical (unpaired) electrons. The van der Waals surface area contributed by atoms with Gasteiger partial charge in [0.1, 0.15) is 5.82 Å². The topological polar surface area (TPSA) is 81.4 Å². The first-order valence-corrected chi connectivity index (χ1v) is 7.47. The molecule has 2 heterocycles. The molecule has 2 bridgehead atoms. The molecule has 1 saturated carbocycles. The van der Waals surface area contributed by atoms with Crippen molar-refractivity contribution in [3.63, 3.8) is 0 Å². The fourth-order valence-corrected chi connectivity index (χ4v) is 3.76. The van der Waals surface area contributed by atoms with Crippen LogP contribution < -0.4 is 5.56 Å². The van der Waals surface area contributed by atoms with Crippen molar-refractivity contribution in [3.8, 4) is 5.75 Å². The zero-order chi connectivity index (χ0) is 15.2. The number of rotatable bonds is 2. The zero-order valence-corrected chi connectivity index (χ0v) is 12.4. The predicted molar refractivity (Wildman–Crippen MR) is 75.4 cm³/mol. The van der Waals surface area contributed by atoms with Gasteiger partial charge in [-0.05, 0) is 32.1 Å². The van der Waals surface area contributed by atoms with Crippen LogP contribution in [0.3, 0.4) is 0 Å². The monoisotopic (exact) mass is 292 g/mol. The number of ether oxygens (including phenoxy) is 1.